The lowest BCUT2D eigenvalue weighted by molar-refractivity contribution is -0.134. The summed E-state index contributed by atoms with van der Waals surface area (Å²) in [7, 11) is -3.16. The fourth-order valence-corrected chi connectivity index (χ4v) is 5.19. The zero-order valence-corrected chi connectivity index (χ0v) is 17.2. The average molecular weight is 421 g/mol. The number of aromatic nitrogens is 2. The lowest BCUT2D eigenvalue weighted by Crippen LogP contribution is -2.46. The molecule has 1 saturated heterocycles. The van der Waals surface area contributed by atoms with E-state index in [-0.39, 0.29) is 41.1 Å². The van der Waals surface area contributed by atoms with Gasteiger partial charge < -0.3 is 4.90 Å². The molecule has 3 rings (SSSR count). The van der Waals surface area contributed by atoms with Crippen LogP contribution < -0.4 is 5.56 Å². The summed E-state index contributed by atoms with van der Waals surface area (Å²) < 4.78 is 38.8. The first-order valence-corrected chi connectivity index (χ1v) is 11.3. The second kappa shape index (κ2) is 8.44. The van der Waals surface area contributed by atoms with Crippen molar-refractivity contribution in [3.05, 3.63) is 52.6 Å². The van der Waals surface area contributed by atoms with Crippen molar-refractivity contribution < 1.29 is 17.6 Å². The molecule has 0 spiro atoms. The van der Waals surface area contributed by atoms with Gasteiger partial charge in [-0.15, -0.1) is 0 Å². The van der Waals surface area contributed by atoms with Crippen molar-refractivity contribution in [3.63, 3.8) is 0 Å². The Morgan fingerprint density at radius 1 is 1.28 bits per heavy atom. The van der Waals surface area contributed by atoms with Gasteiger partial charge in [0, 0.05) is 24.2 Å². The van der Waals surface area contributed by atoms with Crippen LogP contribution in [-0.4, -0.2) is 53.1 Å². The van der Waals surface area contributed by atoms with Crippen LogP contribution in [0.4, 0.5) is 4.39 Å². The van der Waals surface area contributed by atoms with Gasteiger partial charge in [0.15, 0.2) is 9.84 Å². The molecule has 0 bridgehead atoms. The quantitative estimate of drug-likeness (QED) is 0.709. The third kappa shape index (κ3) is 5.09. The molecule has 1 aromatic heterocycles. The average Bonchev–Trinajstić information content (AvgIpc) is 3.01. The van der Waals surface area contributed by atoms with Gasteiger partial charge in [-0.2, -0.15) is 5.10 Å². The molecule has 1 fully saturated rings. The van der Waals surface area contributed by atoms with Gasteiger partial charge in [0.05, 0.1) is 17.2 Å². The number of rotatable bonds is 6. The van der Waals surface area contributed by atoms with Crippen molar-refractivity contribution in [2.45, 2.75) is 32.9 Å². The summed E-state index contributed by atoms with van der Waals surface area (Å²) in [4.78, 5) is 26.7. The molecule has 0 saturated carbocycles. The molecule has 1 atom stereocenters. The van der Waals surface area contributed by atoms with Crippen molar-refractivity contribution in [2.24, 2.45) is 5.92 Å². The molecule has 1 aliphatic rings. The van der Waals surface area contributed by atoms with Crippen LogP contribution in [-0.2, 0) is 21.2 Å². The molecule has 2 heterocycles. The van der Waals surface area contributed by atoms with E-state index in [9.17, 15) is 22.4 Å². The summed E-state index contributed by atoms with van der Waals surface area (Å²) in [5.41, 5.74) is -0.00837. The minimum Gasteiger partial charge on any atom is -0.337 e. The first kappa shape index (κ1) is 21.2. The highest BCUT2D eigenvalue weighted by atomic mass is 32.2. The first-order valence-electron chi connectivity index (χ1n) is 9.49. The molecule has 1 aliphatic heterocycles. The minimum atomic E-state index is -3.16. The Balaban J connectivity index is 1.87. The molecule has 1 aromatic carbocycles. The molecule has 0 radical (unpaired) electrons. The predicted molar refractivity (Wildman–Crippen MR) is 108 cm³/mol. The van der Waals surface area contributed by atoms with Gasteiger partial charge in [-0.1, -0.05) is 26.0 Å². The lowest BCUT2D eigenvalue weighted by atomic mass is 10.1. The molecule has 0 N–H and O–H groups in total. The zero-order valence-electron chi connectivity index (χ0n) is 16.4. The number of hydrogen-bond acceptors (Lipinski definition) is 5. The Labute approximate surface area is 169 Å². The van der Waals surface area contributed by atoms with Gasteiger partial charge in [0.25, 0.3) is 5.56 Å². The third-order valence-corrected chi connectivity index (χ3v) is 6.58. The van der Waals surface area contributed by atoms with E-state index in [4.69, 9.17) is 0 Å². The predicted octanol–water partition coefficient (Wildman–Crippen LogP) is 1.72. The van der Waals surface area contributed by atoms with E-state index < -0.39 is 27.3 Å². The van der Waals surface area contributed by atoms with Crippen LogP contribution in [0.5, 0.6) is 0 Å². The number of carbonyl (C=O) groups excluding carboxylic acids is 1. The van der Waals surface area contributed by atoms with Crippen molar-refractivity contribution in [1.82, 2.24) is 14.7 Å². The van der Waals surface area contributed by atoms with Crippen LogP contribution in [0, 0.1) is 11.7 Å². The number of halogens is 1. The maximum Gasteiger partial charge on any atom is 0.267 e. The number of benzene rings is 1. The number of nitrogens with zero attached hydrogens (tertiary/aromatic N) is 3. The highest BCUT2D eigenvalue weighted by Crippen LogP contribution is 2.21. The smallest absolute Gasteiger partial charge is 0.267 e. The molecule has 156 valence electrons. The van der Waals surface area contributed by atoms with Crippen molar-refractivity contribution in [2.75, 3.05) is 18.1 Å². The van der Waals surface area contributed by atoms with Gasteiger partial charge in [0.2, 0.25) is 5.91 Å². The minimum absolute atomic E-state index is 0.0561. The van der Waals surface area contributed by atoms with Crippen LogP contribution in [0.15, 0.2) is 41.2 Å². The Morgan fingerprint density at radius 2 is 2.00 bits per heavy atom. The topological polar surface area (TPSA) is 89.3 Å². The number of carbonyl (C=O) groups is 1. The Bertz CT molecular complexity index is 1070. The zero-order chi connectivity index (χ0) is 21.2. The van der Waals surface area contributed by atoms with E-state index in [2.05, 4.69) is 5.10 Å². The summed E-state index contributed by atoms with van der Waals surface area (Å²) >= 11 is 0. The first-order chi connectivity index (χ1) is 13.7. The van der Waals surface area contributed by atoms with Crippen molar-refractivity contribution >= 4 is 15.7 Å². The van der Waals surface area contributed by atoms with E-state index in [0.29, 0.717) is 13.0 Å². The monoisotopic (exact) mass is 421 g/mol. The van der Waals surface area contributed by atoms with Crippen LogP contribution >= 0.6 is 0 Å². The van der Waals surface area contributed by atoms with Gasteiger partial charge in [-0.25, -0.2) is 17.5 Å². The largest absolute Gasteiger partial charge is 0.337 e. The van der Waals surface area contributed by atoms with Crippen LogP contribution in [0.1, 0.15) is 20.3 Å². The standard InChI is InChI=1S/C20H24FN3O4S/c1-14(2)11-23(15-9-10-29(27,28)13-15)20(26)12-24-19(25)8-7-18(22-24)16-5-3-4-6-17(16)21/h3-8,14-15H,9-13H2,1-2H3/t15-/m0/s1. The molecular formula is C20H24FN3O4S. The van der Waals surface area contributed by atoms with Crippen LogP contribution in [0.25, 0.3) is 11.3 Å². The third-order valence-electron chi connectivity index (χ3n) is 4.83. The normalized spacial score (nSPS) is 18.1. The highest BCUT2D eigenvalue weighted by Gasteiger charge is 2.35. The van der Waals surface area contributed by atoms with Gasteiger partial charge in [-0.3, -0.25) is 9.59 Å². The van der Waals surface area contributed by atoms with E-state index in [0.717, 1.165) is 4.68 Å². The van der Waals surface area contributed by atoms with Gasteiger partial charge >= 0.3 is 0 Å². The molecule has 29 heavy (non-hydrogen) atoms. The maximum atomic E-state index is 14.1. The second-order valence-corrected chi connectivity index (χ2v) is 9.92. The summed E-state index contributed by atoms with van der Waals surface area (Å²) in [6.45, 7) is 3.94. The molecule has 7 nitrogen and oxygen atoms in total. The Hall–Kier alpha value is -2.55. The lowest BCUT2D eigenvalue weighted by Gasteiger charge is -2.30. The van der Waals surface area contributed by atoms with E-state index in [1.54, 1.807) is 23.1 Å². The van der Waals surface area contributed by atoms with E-state index >= 15 is 0 Å². The number of sulfone groups is 1. The van der Waals surface area contributed by atoms with E-state index in [1.807, 2.05) is 13.8 Å². The summed E-state index contributed by atoms with van der Waals surface area (Å²) in [5.74, 6) is -0.726. The van der Waals surface area contributed by atoms with Gasteiger partial charge in [0.1, 0.15) is 12.4 Å². The summed E-state index contributed by atoms with van der Waals surface area (Å²) in [5, 5.41) is 4.16. The van der Waals surface area contributed by atoms with Gasteiger partial charge in [-0.05, 0) is 30.5 Å². The summed E-state index contributed by atoms with van der Waals surface area (Å²) in [6, 6.07) is 8.31. The van der Waals surface area contributed by atoms with Crippen LogP contribution in [0.3, 0.4) is 0 Å². The SMILES string of the molecule is CC(C)CN(C(=O)Cn1nc(-c2ccccc2F)ccc1=O)[C@H]1CCS(=O)(=O)C1. The summed E-state index contributed by atoms with van der Waals surface area (Å²) in [6.07, 6.45) is 0.387. The molecule has 1 amide bonds. The molecular weight excluding hydrogens is 397 g/mol. The second-order valence-electron chi connectivity index (χ2n) is 7.69. The number of amides is 1. The maximum absolute atomic E-state index is 14.1. The Morgan fingerprint density at radius 3 is 2.62 bits per heavy atom. The van der Waals surface area contributed by atoms with Crippen molar-refractivity contribution in [3.8, 4) is 11.3 Å². The highest BCUT2D eigenvalue weighted by molar-refractivity contribution is 7.91. The Kier molecular flexibility index (Phi) is 6.16. The van der Waals surface area contributed by atoms with Crippen LogP contribution in [0.2, 0.25) is 0 Å². The number of hydrogen-bond donors (Lipinski definition) is 0. The molecule has 0 aliphatic carbocycles. The van der Waals surface area contributed by atoms with E-state index in [1.165, 1.54) is 18.2 Å². The molecule has 9 heteroatoms. The fraction of sp³-hybridized carbons (Fsp3) is 0.450. The molecule has 0 unspecified atom stereocenters. The molecule has 2 aromatic rings. The van der Waals surface area contributed by atoms with Crippen molar-refractivity contribution in [1.29, 1.82) is 0 Å². The fourth-order valence-electron chi connectivity index (χ4n) is 3.46.